The highest BCUT2D eigenvalue weighted by Gasteiger charge is 2.51. The Morgan fingerprint density at radius 3 is 2.75 bits per heavy atom. The molecule has 2 rings (SSSR count). The predicted molar refractivity (Wildman–Crippen MR) is 37.8 cm³/mol. The van der Waals surface area contributed by atoms with Gasteiger partial charge in [0.15, 0.2) is 0 Å². The molecule has 2 aliphatic rings. The number of alkyl halides is 1. The molecule has 0 aliphatic carbocycles. The number of carboxylic acid groups (broad SMARTS) is 1. The highest BCUT2D eigenvalue weighted by atomic mass is 19.1. The first kappa shape index (κ1) is 7.79. The zero-order chi connectivity index (χ0) is 8.77. The molecule has 0 saturated carbocycles. The van der Waals surface area contributed by atoms with E-state index < -0.39 is 17.9 Å². The van der Waals surface area contributed by atoms with Crippen LogP contribution in [0.4, 0.5) is 9.18 Å². The van der Waals surface area contributed by atoms with Crippen LogP contribution in [0.3, 0.4) is 0 Å². The van der Waals surface area contributed by atoms with Crippen molar-refractivity contribution in [3.63, 3.8) is 0 Å². The zero-order valence-corrected chi connectivity index (χ0v) is 6.49. The number of nitrogens with zero attached hydrogens (tertiary/aromatic N) is 1. The van der Waals surface area contributed by atoms with Gasteiger partial charge in [0.2, 0.25) is 0 Å². The summed E-state index contributed by atoms with van der Waals surface area (Å²) in [5.41, 5.74) is -0.488. The zero-order valence-electron chi connectivity index (χ0n) is 6.49. The third-order valence-corrected chi connectivity index (χ3v) is 2.39. The highest BCUT2D eigenvalue weighted by Crippen LogP contribution is 2.35. The Balaban J connectivity index is 1.91. The molecular weight excluding hydrogens is 165 g/mol. The fraction of sp³-hybridized carbons (Fsp3) is 0.857. The van der Waals surface area contributed by atoms with Crippen LogP contribution in [0.15, 0.2) is 0 Å². The summed E-state index contributed by atoms with van der Waals surface area (Å²) >= 11 is 0. The summed E-state index contributed by atoms with van der Waals surface area (Å²) in [6, 6.07) is 0. The smallest absolute Gasteiger partial charge is 0.407 e. The first-order chi connectivity index (χ1) is 5.61. The van der Waals surface area contributed by atoms with Gasteiger partial charge in [0.25, 0.3) is 0 Å². The standard InChI is InChI=1S/C7H10FNO3/c8-5-1-7(12-2-5)3-9(4-7)6(10)11/h5H,1-4H2,(H,10,11). The predicted octanol–water partition coefficient (Wildman–Crippen LogP) is 0.477. The van der Waals surface area contributed by atoms with Gasteiger partial charge in [-0.2, -0.15) is 0 Å². The van der Waals surface area contributed by atoms with Crippen LogP contribution in [-0.2, 0) is 4.74 Å². The lowest BCUT2D eigenvalue weighted by atomic mass is 9.91. The van der Waals surface area contributed by atoms with Crippen molar-refractivity contribution in [2.24, 2.45) is 0 Å². The highest BCUT2D eigenvalue weighted by molar-refractivity contribution is 5.66. The molecule has 0 aromatic heterocycles. The molecule has 2 heterocycles. The van der Waals surface area contributed by atoms with Crippen molar-refractivity contribution in [2.75, 3.05) is 19.7 Å². The van der Waals surface area contributed by atoms with E-state index in [1.165, 1.54) is 4.90 Å². The SMILES string of the molecule is O=C(O)N1CC2(CC(F)CO2)C1. The number of amides is 1. The molecule has 12 heavy (non-hydrogen) atoms. The Kier molecular flexibility index (Phi) is 1.51. The van der Waals surface area contributed by atoms with E-state index in [2.05, 4.69) is 0 Å². The Morgan fingerprint density at radius 2 is 2.33 bits per heavy atom. The van der Waals surface area contributed by atoms with Crippen LogP contribution >= 0.6 is 0 Å². The maximum absolute atomic E-state index is 12.7. The van der Waals surface area contributed by atoms with Crippen LogP contribution in [0.1, 0.15) is 6.42 Å². The molecule has 4 nitrogen and oxygen atoms in total. The van der Waals surface area contributed by atoms with Crippen LogP contribution in [0.25, 0.3) is 0 Å². The molecule has 2 fully saturated rings. The second-order valence-electron chi connectivity index (χ2n) is 3.43. The van der Waals surface area contributed by atoms with E-state index in [0.717, 1.165) is 0 Å². The van der Waals surface area contributed by atoms with Gasteiger partial charge < -0.3 is 14.7 Å². The van der Waals surface area contributed by atoms with Gasteiger partial charge in [-0.3, -0.25) is 0 Å². The van der Waals surface area contributed by atoms with Crippen LogP contribution < -0.4 is 0 Å². The fourth-order valence-corrected chi connectivity index (χ4v) is 1.79. The largest absolute Gasteiger partial charge is 0.465 e. The first-order valence-corrected chi connectivity index (χ1v) is 3.87. The third-order valence-electron chi connectivity index (χ3n) is 2.39. The Labute approximate surface area is 68.9 Å². The van der Waals surface area contributed by atoms with Gasteiger partial charge in [0.1, 0.15) is 11.8 Å². The number of halogens is 1. The molecule has 1 unspecified atom stereocenters. The lowest BCUT2D eigenvalue weighted by Gasteiger charge is -2.45. The van der Waals surface area contributed by atoms with Gasteiger partial charge >= 0.3 is 6.09 Å². The summed E-state index contributed by atoms with van der Waals surface area (Å²) in [6.45, 7) is 0.763. The van der Waals surface area contributed by atoms with Crippen molar-refractivity contribution >= 4 is 6.09 Å². The van der Waals surface area contributed by atoms with Gasteiger partial charge in [-0.25, -0.2) is 9.18 Å². The van der Waals surface area contributed by atoms with E-state index in [9.17, 15) is 9.18 Å². The maximum atomic E-state index is 12.7. The molecule has 1 atom stereocenters. The number of ether oxygens (including phenoxy) is 1. The van der Waals surface area contributed by atoms with E-state index in [1.807, 2.05) is 0 Å². The lowest BCUT2D eigenvalue weighted by molar-refractivity contribution is -0.0982. The molecule has 2 saturated heterocycles. The van der Waals surface area contributed by atoms with E-state index in [0.29, 0.717) is 19.5 Å². The fourth-order valence-electron chi connectivity index (χ4n) is 1.79. The van der Waals surface area contributed by atoms with Gasteiger partial charge in [-0.1, -0.05) is 0 Å². The number of hydrogen-bond donors (Lipinski definition) is 1. The van der Waals surface area contributed by atoms with Gasteiger partial charge in [0.05, 0.1) is 19.7 Å². The topological polar surface area (TPSA) is 49.8 Å². The van der Waals surface area contributed by atoms with Crippen molar-refractivity contribution in [1.29, 1.82) is 0 Å². The minimum Gasteiger partial charge on any atom is -0.465 e. The molecule has 0 aromatic rings. The van der Waals surface area contributed by atoms with Gasteiger partial charge in [0, 0.05) is 6.42 Å². The van der Waals surface area contributed by atoms with Crippen LogP contribution in [0.5, 0.6) is 0 Å². The second kappa shape index (κ2) is 2.32. The molecule has 68 valence electrons. The molecule has 1 N–H and O–H groups in total. The monoisotopic (exact) mass is 175 g/mol. The van der Waals surface area contributed by atoms with Crippen LogP contribution in [0.2, 0.25) is 0 Å². The number of hydrogen-bond acceptors (Lipinski definition) is 2. The molecule has 2 aliphatic heterocycles. The van der Waals surface area contributed by atoms with Crippen molar-refractivity contribution in [2.45, 2.75) is 18.2 Å². The minimum absolute atomic E-state index is 0.119. The Morgan fingerprint density at radius 1 is 1.67 bits per heavy atom. The molecular formula is C7H10FNO3. The summed E-state index contributed by atoms with van der Waals surface area (Å²) in [5.74, 6) is 0. The Hall–Kier alpha value is -0.840. The van der Waals surface area contributed by atoms with E-state index in [-0.39, 0.29) is 6.61 Å². The average molecular weight is 175 g/mol. The molecule has 5 heteroatoms. The van der Waals surface area contributed by atoms with E-state index in [4.69, 9.17) is 9.84 Å². The van der Waals surface area contributed by atoms with E-state index >= 15 is 0 Å². The third kappa shape index (κ3) is 1.04. The van der Waals surface area contributed by atoms with Crippen molar-refractivity contribution in [3.8, 4) is 0 Å². The summed E-state index contributed by atoms with van der Waals surface area (Å²) in [6.07, 6.45) is -1.52. The second-order valence-corrected chi connectivity index (χ2v) is 3.43. The minimum atomic E-state index is -0.952. The lowest BCUT2D eigenvalue weighted by Crippen LogP contribution is -2.62. The number of carbonyl (C=O) groups is 1. The number of rotatable bonds is 0. The van der Waals surface area contributed by atoms with Crippen molar-refractivity contribution in [1.82, 2.24) is 4.90 Å². The summed E-state index contributed by atoms with van der Waals surface area (Å²) in [5, 5.41) is 8.52. The molecule has 0 bridgehead atoms. The van der Waals surface area contributed by atoms with Crippen molar-refractivity contribution in [3.05, 3.63) is 0 Å². The summed E-state index contributed by atoms with van der Waals surface area (Å²) in [4.78, 5) is 11.6. The van der Waals surface area contributed by atoms with Crippen LogP contribution in [0, 0.1) is 0 Å². The van der Waals surface area contributed by atoms with Crippen LogP contribution in [-0.4, -0.2) is 47.6 Å². The molecule has 0 aromatic carbocycles. The number of likely N-dealkylation sites (tertiary alicyclic amines) is 1. The quantitative estimate of drug-likeness (QED) is 0.582. The van der Waals surface area contributed by atoms with Crippen molar-refractivity contribution < 1.29 is 19.0 Å². The van der Waals surface area contributed by atoms with E-state index in [1.54, 1.807) is 0 Å². The summed E-state index contributed by atoms with van der Waals surface area (Å²) in [7, 11) is 0. The Bertz CT molecular complexity index is 215. The van der Waals surface area contributed by atoms with Gasteiger partial charge in [-0.15, -0.1) is 0 Å². The molecule has 0 radical (unpaired) electrons. The summed E-state index contributed by atoms with van der Waals surface area (Å²) < 4.78 is 17.9. The normalized spacial score (nSPS) is 32.1. The van der Waals surface area contributed by atoms with Gasteiger partial charge in [-0.05, 0) is 0 Å². The first-order valence-electron chi connectivity index (χ1n) is 3.87. The molecule has 1 amide bonds. The maximum Gasteiger partial charge on any atom is 0.407 e. The molecule has 1 spiro atoms. The average Bonchev–Trinajstić information content (AvgIpc) is 2.27.